The molecule has 98 valence electrons. The van der Waals surface area contributed by atoms with Crippen molar-refractivity contribution in [2.75, 3.05) is 5.32 Å². The molecule has 0 saturated carbocycles. The molecular weight excluding hydrogens is 230 g/mol. The normalized spacial score (nSPS) is 11.0. The van der Waals surface area contributed by atoms with Crippen LogP contribution in [-0.2, 0) is 9.59 Å². The number of amides is 1. The average molecular weight is 249 g/mol. The standard InChI is InChI=1S/C14H19NO3/c1-3-14(4-2,13(17)18)10-12(16)15-11-8-6-5-7-9-11/h5-9H,3-4,10H2,1-2H3,(H,15,16)(H,17,18). The Labute approximate surface area is 107 Å². The number of carbonyl (C=O) groups excluding carboxylic acids is 1. The van der Waals surface area contributed by atoms with Crippen LogP contribution < -0.4 is 5.32 Å². The van der Waals surface area contributed by atoms with Crippen molar-refractivity contribution in [1.82, 2.24) is 0 Å². The second kappa shape index (κ2) is 6.19. The highest BCUT2D eigenvalue weighted by Crippen LogP contribution is 2.31. The molecule has 0 aliphatic carbocycles. The fourth-order valence-corrected chi connectivity index (χ4v) is 1.91. The van der Waals surface area contributed by atoms with Crippen LogP contribution in [0.5, 0.6) is 0 Å². The molecule has 1 aromatic rings. The minimum absolute atomic E-state index is 0.00419. The largest absolute Gasteiger partial charge is 0.481 e. The Morgan fingerprint density at radius 1 is 1.17 bits per heavy atom. The fourth-order valence-electron chi connectivity index (χ4n) is 1.91. The van der Waals surface area contributed by atoms with Gasteiger partial charge in [-0.3, -0.25) is 9.59 Å². The van der Waals surface area contributed by atoms with Gasteiger partial charge in [0, 0.05) is 12.1 Å². The molecule has 0 heterocycles. The van der Waals surface area contributed by atoms with Gasteiger partial charge in [-0.05, 0) is 25.0 Å². The van der Waals surface area contributed by atoms with Crippen molar-refractivity contribution in [2.45, 2.75) is 33.1 Å². The zero-order valence-corrected chi connectivity index (χ0v) is 10.8. The summed E-state index contributed by atoms with van der Waals surface area (Å²) in [6.07, 6.45) is 0.895. The van der Waals surface area contributed by atoms with Crippen molar-refractivity contribution in [1.29, 1.82) is 0 Å². The Hall–Kier alpha value is -1.84. The summed E-state index contributed by atoms with van der Waals surface area (Å²) in [4.78, 5) is 23.2. The second-order valence-electron chi connectivity index (χ2n) is 4.38. The first-order valence-electron chi connectivity index (χ1n) is 6.12. The minimum atomic E-state index is -0.959. The Morgan fingerprint density at radius 2 is 1.72 bits per heavy atom. The number of aliphatic carboxylic acids is 1. The first-order chi connectivity index (χ1) is 8.54. The summed E-state index contributed by atoms with van der Waals surface area (Å²) in [7, 11) is 0. The van der Waals surface area contributed by atoms with E-state index in [0.29, 0.717) is 18.5 Å². The van der Waals surface area contributed by atoms with Crippen molar-refractivity contribution in [2.24, 2.45) is 5.41 Å². The molecule has 1 aromatic carbocycles. The zero-order valence-electron chi connectivity index (χ0n) is 10.8. The average Bonchev–Trinajstić information content (AvgIpc) is 2.37. The first kappa shape index (κ1) is 14.2. The van der Waals surface area contributed by atoms with E-state index in [1.165, 1.54) is 0 Å². The summed E-state index contributed by atoms with van der Waals surface area (Å²) in [6, 6.07) is 9.05. The third-order valence-corrected chi connectivity index (χ3v) is 3.36. The van der Waals surface area contributed by atoms with E-state index in [2.05, 4.69) is 5.32 Å². The lowest BCUT2D eigenvalue weighted by atomic mass is 9.79. The van der Waals surface area contributed by atoms with Gasteiger partial charge in [0.05, 0.1) is 5.41 Å². The van der Waals surface area contributed by atoms with E-state index >= 15 is 0 Å². The topological polar surface area (TPSA) is 66.4 Å². The highest BCUT2D eigenvalue weighted by atomic mass is 16.4. The first-order valence-corrected chi connectivity index (χ1v) is 6.12. The molecule has 0 unspecified atom stereocenters. The third kappa shape index (κ3) is 3.32. The van der Waals surface area contributed by atoms with E-state index in [9.17, 15) is 14.7 Å². The molecule has 0 saturated heterocycles. The van der Waals surface area contributed by atoms with Gasteiger partial charge in [-0.15, -0.1) is 0 Å². The summed E-state index contributed by atoms with van der Waals surface area (Å²) in [5, 5.41) is 12.0. The van der Waals surface area contributed by atoms with Crippen molar-refractivity contribution in [3.8, 4) is 0 Å². The van der Waals surface area contributed by atoms with Crippen LogP contribution >= 0.6 is 0 Å². The highest BCUT2D eigenvalue weighted by Gasteiger charge is 2.37. The van der Waals surface area contributed by atoms with Crippen LogP contribution in [0.1, 0.15) is 33.1 Å². The van der Waals surface area contributed by atoms with Crippen molar-refractivity contribution in [3.05, 3.63) is 30.3 Å². The molecule has 0 fully saturated rings. The van der Waals surface area contributed by atoms with Gasteiger partial charge in [0.15, 0.2) is 0 Å². The maximum Gasteiger partial charge on any atom is 0.310 e. The molecule has 0 aliphatic rings. The lowest BCUT2D eigenvalue weighted by molar-refractivity contribution is -0.151. The predicted octanol–water partition coefficient (Wildman–Crippen LogP) is 2.91. The van der Waals surface area contributed by atoms with E-state index in [4.69, 9.17) is 0 Å². The van der Waals surface area contributed by atoms with Crippen LogP contribution in [0.3, 0.4) is 0 Å². The molecule has 18 heavy (non-hydrogen) atoms. The summed E-state index contributed by atoms with van der Waals surface area (Å²) in [5.74, 6) is -1.16. The van der Waals surface area contributed by atoms with Gasteiger partial charge in [-0.1, -0.05) is 32.0 Å². The molecule has 2 N–H and O–H groups in total. The molecule has 0 atom stereocenters. The quantitative estimate of drug-likeness (QED) is 0.814. The number of benzene rings is 1. The van der Waals surface area contributed by atoms with Crippen LogP contribution in [0.2, 0.25) is 0 Å². The van der Waals surface area contributed by atoms with Crippen LogP contribution in [-0.4, -0.2) is 17.0 Å². The van der Waals surface area contributed by atoms with Crippen LogP contribution in [0.4, 0.5) is 5.69 Å². The molecule has 0 bridgehead atoms. The number of hydrogen-bond acceptors (Lipinski definition) is 2. The van der Waals surface area contributed by atoms with Gasteiger partial charge in [-0.25, -0.2) is 0 Å². The van der Waals surface area contributed by atoms with E-state index in [-0.39, 0.29) is 12.3 Å². The summed E-state index contributed by atoms with van der Waals surface area (Å²) in [5.41, 5.74) is -0.271. The Morgan fingerprint density at radius 3 is 2.17 bits per heavy atom. The number of carboxylic acids is 1. The molecule has 1 amide bonds. The van der Waals surface area contributed by atoms with Crippen molar-refractivity contribution < 1.29 is 14.7 Å². The number of para-hydroxylation sites is 1. The lowest BCUT2D eigenvalue weighted by Gasteiger charge is -2.25. The van der Waals surface area contributed by atoms with Crippen molar-refractivity contribution in [3.63, 3.8) is 0 Å². The van der Waals surface area contributed by atoms with E-state index in [0.717, 1.165) is 0 Å². The van der Waals surface area contributed by atoms with E-state index < -0.39 is 11.4 Å². The molecule has 0 spiro atoms. The molecule has 0 aliphatic heterocycles. The number of carboxylic acid groups (broad SMARTS) is 1. The number of hydrogen-bond donors (Lipinski definition) is 2. The van der Waals surface area contributed by atoms with Crippen molar-refractivity contribution >= 4 is 17.6 Å². The Balaban J connectivity index is 2.71. The number of nitrogens with one attached hydrogen (secondary N) is 1. The number of rotatable bonds is 6. The monoisotopic (exact) mass is 249 g/mol. The predicted molar refractivity (Wildman–Crippen MR) is 70.3 cm³/mol. The van der Waals surface area contributed by atoms with Gasteiger partial charge in [0.2, 0.25) is 5.91 Å². The number of anilines is 1. The van der Waals surface area contributed by atoms with Crippen LogP contribution in [0.25, 0.3) is 0 Å². The van der Waals surface area contributed by atoms with Crippen LogP contribution in [0, 0.1) is 5.41 Å². The van der Waals surface area contributed by atoms with Gasteiger partial charge >= 0.3 is 5.97 Å². The Kier molecular flexibility index (Phi) is 4.89. The maximum absolute atomic E-state index is 11.9. The number of carbonyl (C=O) groups is 2. The van der Waals surface area contributed by atoms with Gasteiger partial charge in [0.25, 0.3) is 0 Å². The SMILES string of the molecule is CCC(CC)(CC(=O)Nc1ccccc1)C(=O)O. The molecule has 0 radical (unpaired) electrons. The smallest absolute Gasteiger partial charge is 0.310 e. The highest BCUT2D eigenvalue weighted by molar-refractivity contribution is 5.94. The summed E-state index contributed by atoms with van der Waals surface area (Å²) < 4.78 is 0. The molecule has 0 aromatic heterocycles. The van der Waals surface area contributed by atoms with E-state index in [1.54, 1.807) is 26.0 Å². The maximum atomic E-state index is 11.9. The Bertz CT molecular complexity index is 410. The molecule has 1 rings (SSSR count). The van der Waals surface area contributed by atoms with Crippen LogP contribution in [0.15, 0.2) is 30.3 Å². The van der Waals surface area contributed by atoms with Gasteiger partial charge in [-0.2, -0.15) is 0 Å². The van der Waals surface area contributed by atoms with Gasteiger partial charge in [0.1, 0.15) is 0 Å². The third-order valence-electron chi connectivity index (χ3n) is 3.36. The molecular formula is C14H19NO3. The second-order valence-corrected chi connectivity index (χ2v) is 4.38. The summed E-state index contributed by atoms with van der Waals surface area (Å²) >= 11 is 0. The summed E-state index contributed by atoms with van der Waals surface area (Å²) in [6.45, 7) is 3.60. The van der Waals surface area contributed by atoms with E-state index in [1.807, 2.05) is 18.2 Å². The molecule has 4 heteroatoms. The zero-order chi connectivity index (χ0) is 13.6. The minimum Gasteiger partial charge on any atom is -0.481 e. The van der Waals surface area contributed by atoms with Gasteiger partial charge < -0.3 is 10.4 Å². The lowest BCUT2D eigenvalue weighted by Crippen LogP contribution is -2.34. The fraction of sp³-hybridized carbons (Fsp3) is 0.429. The molecule has 4 nitrogen and oxygen atoms in total.